The van der Waals surface area contributed by atoms with Gasteiger partial charge in [0.05, 0.1) is 18.5 Å². The molecule has 2 N–H and O–H groups in total. The van der Waals surface area contributed by atoms with Crippen LogP contribution in [-0.2, 0) is 10.5 Å². The number of hydrogen-bond acceptors (Lipinski definition) is 3. The molecule has 0 saturated carbocycles. The van der Waals surface area contributed by atoms with Gasteiger partial charge >= 0.3 is 0 Å². The highest BCUT2D eigenvalue weighted by atomic mass is 79.9. The Kier molecular flexibility index (Phi) is 3.36. The minimum atomic E-state index is 0.680. The van der Waals surface area contributed by atoms with Crippen molar-refractivity contribution < 1.29 is 4.74 Å². The first-order valence-corrected chi connectivity index (χ1v) is 6.33. The summed E-state index contributed by atoms with van der Waals surface area (Å²) in [5.74, 6) is 1.02. The van der Waals surface area contributed by atoms with E-state index in [4.69, 9.17) is 10.5 Å². The van der Waals surface area contributed by atoms with Crippen molar-refractivity contribution in [3.8, 4) is 0 Å². The summed E-state index contributed by atoms with van der Waals surface area (Å²) in [5.41, 5.74) is 7.77. The monoisotopic (exact) mass is 273 g/mol. The summed E-state index contributed by atoms with van der Waals surface area (Å²) >= 11 is 5.45. The van der Waals surface area contributed by atoms with Crippen LogP contribution in [0.5, 0.6) is 0 Å². The first kappa shape index (κ1) is 10.3. The number of halogens is 1. The molecule has 1 saturated heterocycles. The average molecular weight is 274 g/mol. The van der Waals surface area contributed by atoms with E-state index < -0.39 is 0 Å². The maximum absolute atomic E-state index is 5.66. The molecule has 0 spiro atoms. The fourth-order valence-corrected chi connectivity index (χ4v) is 2.97. The van der Waals surface area contributed by atoms with Crippen LogP contribution in [0.4, 0.5) is 5.69 Å². The molecule has 0 amide bonds. The van der Waals surface area contributed by atoms with Gasteiger partial charge in [-0.1, -0.05) is 22.0 Å². The van der Waals surface area contributed by atoms with Gasteiger partial charge in [-0.25, -0.2) is 0 Å². The molecule has 0 aromatic heterocycles. The largest absolute Gasteiger partial charge is 0.399 e. The fourth-order valence-electron chi connectivity index (χ4n) is 1.20. The summed E-state index contributed by atoms with van der Waals surface area (Å²) in [5, 5.41) is 0.680. The zero-order valence-electron chi connectivity index (χ0n) is 7.70. The standard InChI is InChI=1S/C10H12BrNOS/c11-10-3-8(12)2-1-7(10)6-14-9-4-13-5-9/h1-3,9H,4-6,12H2. The van der Waals surface area contributed by atoms with E-state index in [0.717, 1.165) is 29.1 Å². The lowest BCUT2D eigenvalue weighted by molar-refractivity contribution is 0.0455. The van der Waals surface area contributed by atoms with Gasteiger partial charge in [0, 0.05) is 15.9 Å². The van der Waals surface area contributed by atoms with E-state index in [9.17, 15) is 0 Å². The first-order chi connectivity index (χ1) is 6.75. The van der Waals surface area contributed by atoms with Crippen molar-refractivity contribution in [1.82, 2.24) is 0 Å². The molecule has 1 aromatic carbocycles. The molecular weight excluding hydrogens is 262 g/mol. The van der Waals surface area contributed by atoms with Crippen molar-refractivity contribution in [3.05, 3.63) is 28.2 Å². The SMILES string of the molecule is Nc1ccc(CSC2COC2)c(Br)c1. The molecule has 0 radical (unpaired) electrons. The van der Waals surface area contributed by atoms with Gasteiger partial charge in [-0.2, -0.15) is 0 Å². The Labute approximate surface area is 96.3 Å². The molecule has 4 heteroatoms. The van der Waals surface area contributed by atoms with Crippen LogP contribution in [0.1, 0.15) is 5.56 Å². The highest BCUT2D eigenvalue weighted by Crippen LogP contribution is 2.28. The number of rotatable bonds is 3. The van der Waals surface area contributed by atoms with E-state index in [1.54, 1.807) is 0 Å². The molecule has 1 aliphatic rings. The molecule has 1 heterocycles. The highest BCUT2D eigenvalue weighted by Gasteiger charge is 2.18. The van der Waals surface area contributed by atoms with Gasteiger partial charge in [0.25, 0.3) is 0 Å². The van der Waals surface area contributed by atoms with E-state index in [-0.39, 0.29) is 0 Å². The molecule has 1 aliphatic heterocycles. The molecule has 0 bridgehead atoms. The Morgan fingerprint density at radius 3 is 2.86 bits per heavy atom. The van der Waals surface area contributed by atoms with Gasteiger partial charge < -0.3 is 10.5 Å². The predicted molar refractivity (Wildman–Crippen MR) is 64.5 cm³/mol. The molecule has 1 fully saturated rings. The molecule has 2 nitrogen and oxygen atoms in total. The average Bonchev–Trinajstić information content (AvgIpc) is 2.05. The summed E-state index contributed by atoms with van der Waals surface area (Å²) in [7, 11) is 0. The van der Waals surface area contributed by atoms with Crippen LogP contribution in [-0.4, -0.2) is 18.5 Å². The van der Waals surface area contributed by atoms with Gasteiger partial charge in [0.2, 0.25) is 0 Å². The van der Waals surface area contributed by atoms with Crippen molar-refractivity contribution in [3.63, 3.8) is 0 Å². The summed E-state index contributed by atoms with van der Waals surface area (Å²) in [6.45, 7) is 1.80. The van der Waals surface area contributed by atoms with Crippen LogP contribution in [0.3, 0.4) is 0 Å². The summed E-state index contributed by atoms with van der Waals surface area (Å²) < 4.78 is 6.22. The lowest BCUT2D eigenvalue weighted by Gasteiger charge is -2.25. The Morgan fingerprint density at radius 1 is 1.50 bits per heavy atom. The Balaban J connectivity index is 1.94. The Morgan fingerprint density at radius 2 is 2.29 bits per heavy atom. The van der Waals surface area contributed by atoms with E-state index in [1.807, 2.05) is 23.9 Å². The molecule has 1 aromatic rings. The number of nitrogens with two attached hydrogens (primary N) is 1. The van der Waals surface area contributed by atoms with Crippen molar-refractivity contribution in [2.45, 2.75) is 11.0 Å². The van der Waals surface area contributed by atoms with Gasteiger partial charge in [-0.15, -0.1) is 11.8 Å². The van der Waals surface area contributed by atoms with Crippen LogP contribution >= 0.6 is 27.7 Å². The number of nitrogen functional groups attached to an aromatic ring is 1. The predicted octanol–water partition coefficient (Wildman–Crippen LogP) is 2.66. The Bertz CT molecular complexity index is 328. The number of benzene rings is 1. The van der Waals surface area contributed by atoms with Crippen LogP contribution < -0.4 is 5.73 Å². The molecule has 76 valence electrons. The minimum absolute atomic E-state index is 0.680. The summed E-state index contributed by atoms with van der Waals surface area (Å²) in [4.78, 5) is 0. The van der Waals surface area contributed by atoms with Crippen LogP contribution in [0, 0.1) is 0 Å². The second-order valence-electron chi connectivity index (χ2n) is 3.32. The second kappa shape index (κ2) is 4.55. The summed E-state index contributed by atoms with van der Waals surface area (Å²) in [6, 6.07) is 5.97. The third-order valence-electron chi connectivity index (χ3n) is 2.16. The third kappa shape index (κ3) is 2.43. The van der Waals surface area contributed by atoms with Gasteiger partial charge in [-0.05, 0) is 17.7 Å². The van der Waals surface area contributed by atoms with Crippen LogP contribution in [0.25, 0.3) is 0 Å². The summed E-state index contributed by atoms with van der Waals surface area (Å²) in [6.07, 6.45) is 0. The van der Waals surface area contributed by atoms with Crippen molar-refractivity contribution >= 4 is 33.4 Å². The van der Waals surface area contributed by atoms with Crippen molar-refractivity contribution in [2.75, 3.05) is 18.9 Å². The number of ether oxygens (including phenoxy) is 1. The third-order valence-corrected chi connectivity index (χ3v) is 4.12. The van der Waals surface area contributed by atoms with E-state index in [1.165, 1.54) is 5.56 Å². The zero-order valence-corrected chi connectivity index (χ0v) is 10.1. The topological polar surface area (TPSA) is 35.2 Å². The molecule has 0 aliphatic carbocycles. The van der Waals surface area contributed by atoms with Crippen LogP contribution in [0.2, 0.25) is 0 Å². The smallest absolute Gasteiger partial charge is 0.0608 e. The van der Waals surface area contributed by atoms with Crippen molar-refractivity contribution in [1.29, 1.82) is 0 Å². The van der Waals surface area contributed by atoms with Gasteiger partial charge in [0.15, 0.2) is 0 Å². The quantitative estimate of drug-likeness (QED) is 0.861. The van der Waals surface area contributed by atoms with Crippen LogP contribution in [0.15, 0.2) is 22.7 Å². The lowest BCUT2D eigenvalue weighted by Crippen LogP contribution is -2.30. The molecule has 14 heavy (non-hydrogen) atoms. The van der Waals surface area contributed by atoms with Crippen molar-refractivity contribution in [2.24, 2.45) is 0 Å². The Hall–Kier alpha value is -0.190. The first-order valence-electron chi connectivity index (χ1n) is 4.49. The molecule has 2 rings (SSSR count). The minimum Gasteiger partial charge on any atom is -0.399 e. The van der Waals surface area contributed by atoms with Gasteiger partial charge in [0.1, 0.15) is 0 Å². The molecule has 0 atom stereocenters. The number of thioether (sulfide) groups is 1. The molecule has 0 unspecified atom stereocenters. The maximum Gasteiger partial charge on any atom is 0.0608 e. The highest BCUT2D eigenvalue weighted by molar-refractivity contribution is 9.10. The number of hydrogen-bond donors (Lipinski definition) is 1. The molecular formula is C10H12BrNOS. The van der Waals surface area contributed by atoms with E-state index >= 15 is 0 Å². The normalized spacial score (nSPS) is 16.6. The van der Waals surface area contributed by atoms with E-state index in [2.05, 4.69) is 22.0 Å². The lowest BCUT2D eigenvalue weighted by atomic mass is 10.2. The number of anilines is 1. The second-order valence-corrected chi connectivity index (χ2v) is 5.46. The van der Waals surface area contributed by atoms with Gasteiger partial charge in [-0.3, -0.25) is 0 Å². The van der Waals surface area contributed by atoms with E-state index in [0.29, 0.717) is 5.25 Å². The zero-order chi connectivity index (χ0) is 9.97. The fraction of sp³-hybridized carbons (Fsp3) is 0.400. The maximum atomic E-state index is 5.66.